The van der Waals surface area contributed by atoms with Gasteiger partial charge in [0, 0.05) is 17.0 Å². The summed E-state index contributed by atoms with van der Waals surface area (Å²) in [5.41, 5.74) is 0. The summed E-state index contributed by atoms with van der Waals surface area (Å²) in [6, 6.07) is 5.82. The molecule has 0 aliphatic carbocycles. The van der Waals surface area contributed by atoms with Crippen LogP contribution in [-0.4, -0.2) is 37.1 Å². The van der Waals surface area contributed by atoms with Crippen LogP contribution in [0.25, 0.3) is 0 Å². The van der Waals surface area contributed by atoms with Crippen molar-refractivity contribution in [2.45, 2.75) is 44.7 Å². The van der Waals surface area contributed by atoms with Gasteiger partial charge in [-0.2, -0.15) is 0 Å². The standard InChI is InChI=1S/C14H24N2S/c1-12(11-14-6-4-10-17-14)16(2)13-5-3-8-15-9-7-13/h4,6,10,12-13,15H,3,5,7-9,11H2,1-2H3. The van der Waals surface area contributed by atoms with Crippen LogP contribution < -0.4 is 5.32 Å². The summed E-state index contributed by atoms with van der Waals surface area (Å²) in [7, 11) is 2.30. The smallest absolute Gasteiger partial charge is 0.0115 e. The maximum Gasteiger partial charge on any atom is 0.0115 e. The first-order valence-electron chi connectivity index (χ1n) is 6.72. The van der Waals surface area contributed by atoms with Gasteiger partial charge in [0.1, 0.15) is 0 Å². The Hall–Kier alpha value is -0.380. The predicted octanol–water partition coefficient (Wildman–Crippen LogP) is 2.75. The maximum absolute atomic E-state index is 3.49. The molecule has 1 aliphatic rings. The van der Waals surface area contributed by atoms with E-state index in [0.717, 1.165) is 6.04 Å². The van der Waals surface area contributed by atoms with E-state index in [1.807, 2.05) is 11.3 Å². The third-order valence-corrected chi connectivity index (χ3v) is 4.79. The highest BCUT2D eigenvalue weighted by Gasteiger charge is 2.21. The molecule has 0 spiro atoms. The average molecular weight is 252 g/mol. The van der Waals surface area contributed by atoms with Gasteiger partial charge in [-0.3, -0.25) is 0 Å². The van der Waals surface area contributed by atoms with E-state index in [-0.39, 0.29) is 0 Å². The Kier molecular flexibility index (Phi) is 5.01. The number of rotatable bonds is 4. The SMILES string of the molecule is CC(Cc1cccs1)N(C)C1CCCNCC1. The summed E-state index contributed by atoms with van der Waals surface area (Å²) in [5.74, 6) is 0. The summed E-state index contributed by atoms with van der Waals surface area (Å²) in [5, 5.41) is 5.67. The van der Waals surface area contributed by atoms with Gasteiger partial charge in [0.05, 0.1) is 0 Å². The van der Waals surface area contributed by atoms with Crippen molar-refractivity contribution in [1.82, 2.24) is 10.2 Å². The zero-order valence-electron chi connectivity index (χ0n) is 11.0. The first-order valence-corrected chi connectivity index (χ1v) is 7.60. The van der Waals surface area contributed by atoms with Crippen molar-refractivity contribution in [2.75, 3.05) is 20.1 Å². The van der Waals surface area contributed by atoms with Crippen molar-refractivity contribution in [1.29, 1.82) is 0 Å². The molecule has 0 saturated carbocycles. The van der Waals surface area contributed by atoms with E-state index >= 15 is 0 Å². The average Bonchev–Trinajstić information content (AvgIpc) is 2.68. The first-order chi connectivity index (χ1) is 8.27. The molecule has 2 unspecified atom stereocenters. The van der Waals surface area contributed by atoms with Crippen molar-refractivity contribution in [2.24, 2.45) is 0 Å². The fraction of sp³-hybridized carbons (Fsp3) is 0.714. The van der Waals surface area contributed by atoms with Crippen LogP contribution in [-0.2, 0) is 6.42 Å². The first kappa shape index (κ1) is 13.1. The minimum atomic E-state index is 0.650. The van der Waals surface area contributed by atoms with Crippen LogP contribution in [0.4, 0.5) is 0 Å². The molecule has 0 aromatic carbocycles. The Morgan fingerprint density at radius 3 is 3.12 bits per heavy atom. The zero-order valence-corrected chi connectivity index (χ0v) is 11.8. The molecule has 3 heteroatoms. The molecule has 1 fully saturated rings. The summed E-state index contributed by atoms with van der Waals surface area (Å²) in [6.45, 7) is 4.74. The Labute approximate surface area is 109 Å². The molecular weight excluding hydrogens is 228 g/mol. The Balaban J connectivity index is 1.86. The van der Waals surface area contributed by atoms with Gasteiger partial charge in [-0.1, -0.05) is 6.07 Å². The highest BCUT2D eigenvalue weighted by Crippen LogP contribution is 2.18. The highest BCUT2D eigenvalue weighted by atomic mass is 32.1. The fourth-order valence-electron chi connectivity index (χ4n) is 2.63. The van der Waals surface area contributed by atoms with E-state index in [4.69, 9.17) is 0 Å². The second-order valence-electron chi connectivity index (χ2n) is 5.13. The van der Waals surface area contributed by atoms with Gasteiger partial charge in [-0.25, -0.2) is 0 Å². The molecule has 1 aromatic heterocycles. The van der Waals surface area contributed by atoms with E-state index in [2.05, 4.69) is 41.7 Å². The molecule has 2 nitrogen and oxygen atoms in total. The van der Waals surface area contributed by atoms with Crippen LogP contribution in [0, 0.1) is 0 Å². The fourth-order valence-corrected chi connectivity index (χ4v) is 3.46. The molecule has 2 atom stereocenters. The monoisotopic (exact) mass is 252 g/mol. The second kappa shape index (κ2) is 6.53. The molecule has 96 valence electrons. The summed E-state index contributed by atoms with van der Waals surface area (Å²) < 4.78 is 0. The van der Waals surface area contributed by atoms with Gasteiger partial charge in [0.2, 0.25) is 0 Å². The molecule has 0 amide bonds. The third kappa shape index (κ3) is 3.80. The minimum absolute atomic E-state index is 0.650. The van der Waals surface area contributed by atoms with Gasteiger partial charge in [-0.05, 0) is 64.2 Å². The van der Waals surface area contributed by atoms with Gasteiger partial charge in [0.25, 0.3) is 0 Å². The molecule has 1 aromatic rings. The maximum atomic E-state index is 3.49. The van der Waals surface area contributed by atoms with Gasteiger partial charge in [0.15, 0.2) is 0 Å². The van der Waals surface area contributed by atoms with Crippen molar-refractivity contribution in [3.05, 3.63) is 22.4 Å². The lowest BCUT2D eigenvalue weighted by molar-refractivity contribution is 0.170. The minimum Gasteiger partial charge on any atom is -0.317 e. The lowest BCUT2D eigenvalue weighted by Gasteiger charge is -2.32. The second-order valence-corrected chi connectivity index (χ2v) is 6.16. The van der Waals surface area contributed by atoms with Gasteiger partial charge in [-0.15, -0.1) is 11.3 Å². The summed E-state index contributed by atoms with van der Waals surface area (Å²) in [4.78, 5) is 4.10. The highest BCUT2D eigenvalue weighted by molar-refractivity contribution is 7.09. The van der Waals surface area contributed by atoms with Gasteiger partial charge >= 0.3 is 0 Å². The number of nitrogens with zero attached hydrogens (tertiary/aromatic N) is 1. The molecule has 17 heavy (non-hydrogen) atoms. The number of nitrogens with one attached hydrogen (secondary N) is 1. The molecule has 2 rings (SSSR count). The van der Waals surface area contributed by atoms with E-state index in [1.54, 1.807) is 0 Å². The molecule has 2 heterocycles. The topological polar surface area (TPSA) is 15.3 Å². The summed E-state index contributed by atoms with van der Waals surface area (Å²) >= 11 is 1.88. The molecule has 0 bridgehead atoms. The Bertz CT molecular complexity index is 302. The molecule has 1 saturated heterocycles. The van der Waals surface area contributed by atoms with Gasteiger partial charge < -0.3 is 10.2 Å². The Morgan fingerprint density at radius 1 is 1.47 bits per heavy atom. The van der Waals surface area contributed by atoms with Crippen molar-refractivity contribution in [3.63, 3.8) is 0 Å². The number of hydrogen-bond acceptors (Lipinski definition) is 3. The van der Waals surface area contributed by atoms with Crippen LogP contribution in [0.3, 0.4) is 0 Å². The van der Waals surface area contributed by atoms with Crippen molar-refractivity contribution >= 4 is 11.3 Å². The van der Waals surface area contributed by atoms with E-state index in [9.17, 15) is 0 Å². The predicted molar refractivity (Wildman–Crippen MR) is 75.8 cm³/mol. The molecule has 1 aliphatic heterocycles. The lowest BCUT2D eigenvalue weighted by Crippen LogP contribution is -2.40. The van der Waals surface area contributed by atoms with E-state index < -0.39 is 0 Å². The van der Waals surface area contributed by atoms with Crippen LogP contribution in [0.5, 0.6) is 0 Å². The largest absolute Gasteiger partial charge is 0.317 e. The summed E-state index contributed by atoms with van der Waals surface area (Å²) in [6.07, 6.45) is 5.16. The zero-order chi connectivity index (χ0) is 12.1. The lowest BCUT2D eigenvalue weighted by atomic mass is 10.0. The quantitative estimate of drug-likeness (QED) is 0.886. The third-order valence-electron chi connectivity index (χ3n) is 3.89. The van der Waals surface area contributed by atoms with Crippen molar-refractivity contribution in [3.8, 4) is 0 Å². The molecule has 1 N–H and O–H groups in total. The number of hydrogen-bond donors (Lipinski definition) is 1. The number of thiophene rings is 1. The molecule has 0 radical (unpaired) electrons. The Morgan fingerprint density at radius 2 is 2.35 bits per heavy atom. The normalized spacial score (nSPS) is 23.6. The van der Waals surface area contributed by atoms with Crippen LogP contribution in [0.15, 0.2) is 17.5 Å². The van der Waals surface area contributed by atoms with E-state index in [1.165, 1.54) is 43.6 Å². The van der Waals surface area contributed by atoms with Crippen LogP contribution in [0.1, 0.15) is 31.1 Å². The van der Waals surface area contributed by atoms with Crippen LogP contribution in [0.2, 0.25) is 0 Å². The van der Waals surface area contributed by atoms with Crippen molar-refractivity contribution < 1.29 is 0 Å². The van der Waals surface area contributed by atoms with E-state index in [0.29, 0.717) is 6.04 Å². The molecular formula is C14H24N2S. The number of likely N-dealkylation sites (N-methyl/N-ethyl adjacent to an activating group) is 1. The van der Waals surface area contributed by atoms with Crippen LogP contribution >= 0.6 is 11.3 Å².